The Morgan fingerprint density at radius 1 is 0.840 bits per heavy atom. The highest BCUT2D eigenvalue weighted by molar-refractivity contribution is 14.1. The summed E-state index contributed by atoms with van der Waals surface area (Å²) in [5, 5.41) is 14.1. The molecule has 0 radical (unpaired) electrons. The van der Waals surface area contributed by atoms with Crippen molar-refractivity contribution in [3.05, 3.63) is 99.4 Å². The van der Waals surface area contributed by atoms with Gasteiger partial charge in [-0.1, -0.05) is 42.5 Å². The van der Waals surface area contributed by atoms with E-state index in [1.165, 1.54) is 15.7 Å². The predicted molar refractivity (Wildman–Crippen MR) is 108 cm³/mol. The highest BCUT2D eigenvalue weighted by Crippen LogP contribution is 2.30. The zero-order valence-corrected chi connectivity index (χ0v) is 15.7. The topological polar surface area (TPSA) is 32.3 Å². The van der Waals surface area contributed by atoms with Crippen molar-refractivity contribution < 1.29 is 9.50 Å². The van der Waals surface area contributed by atoms with Crippen LogP contribution >= 0.6 is 22.6 Å². The average molecular weight is 447 g/mol. The monoisotopic (exact) mass is 447 g/mol. The van der Waals surface area contributed by atoms with Crippen molar-refractivity contribution in [3.8, 4) is 0 Å². The van der Waals surface area contributed by atoms with Crippen LogP contribution in [0.25, 0.3) is 0 Å². The number of anilines is 1. The smallest absolute Gasteiger partial charge is 0.123 e. The number of hydrogen-bond acceptors (Lipinski definition) is 2. The maximum atomic E-state index is 13.1. The largest absolute Gasteiger partial charge is 0.388 e. The van der Waals surface area contributed by atoms with Gasteiger partial charge < -0.3 is 10.4 Å². The molecular formula is C21H19FINO. The summed E-state index contributed by atoms with van der Waals surface area (Å²) in [6, 6.07) is 24.1. The van der Waals surface area contributed by atoms with Gasteiger partial charge in [-0.05, 0) is 70.1 Å². The van der Waals surface area contributed by atoms with Gasteiger partial charge in [-0.15, -0.1) is 0 Å². The van der Waals surface area contributed by atoms with Crippen LogP contribution in [0.4, 0.5) is 10.1 Å². The molecule has 0 amide bonds. The molecule has 0 bridgehead atoms. The van der Waals surface area contributed by atoms with Gasteiger partial charge in [0.2, 0.25) is 0 Å². The lowest BCUT2D eigenvalue weighted by molar-refractivity contribution is 0.160. The summed E-state index contributed by atoms with van der Waals surface area (Å²) >= 11 is 2.27. The van der Waals surface area contributed by atoms with E-state index in [4.69, 9.17) is 0 Å². The van der Waals surface area contributed by atoms with Gasteiger partial charge >= 0.3 is 0 Å². The minimum absolute atomic E-state index is 0.0543. The Morgan fingerprint density at radius 2 is 1.48 bits per heavy atom. The lowest BCUT2D eigenvalue weighted by atomic mass is 9.96. The first-order chi connectivity index (χ1) is 12.1. The van der Waals surface area contributed by atoms with Gasteiger partial charge in [-0.25, -0.2) is 4.39 Å². The molecule has 3 aromatic rings. The third-order valence-corrected chi connectivity index (χ3v) is 4.82. The van der Waals surface area contributed by atoms with Gasteiger partial charge in [-0.2, -0.15) is 0 Å². The Labute approximate surface area is 160 Å². The van der Waals surface area contributed by atoms with E-state index in [-0.39, 0.29) is 11.9 Å². The molecule has 2 nitrogen and oxygen atoms in total. The van der Waals surface area contributed by atoms with E-state index in [0.717, 1.165) is 11.3 Å². The molecule has 25 heavy (non-hydrogen) atoms. The second-order valence-electron chi connectivity index (χ2n) is 5.92. The normalized spacial score (nSPS) is 13.2. The van der Waals surface area contributed by atoms with E-state index in [9.17, 15) is 9.50 Å². The number of halogens is 2. The van der Waals surface area contributed by atoms with Gasteiger partial charge in [0, 0.05) is 15.7 Å². The Bertz CT molecular complexity index is 790. The molecule has 3 aromatic carbocycles. The molecular weight excluding hydrogens is 428 g/mol. The molecule has 2 unspecified atom stereocenters. The molecule has 0 aliphatic carbocycles. The molecule has 2 atom stereocenters. The average Bonchev–Trinajstić information content (AvgIpc) is 2.64. The van der Waals surface area contributed by atoms with E-state index in [1.807, 2.05) is 54.6 Å². The van der Waals surface area contributed by atoms with Crippen LogP contribution in [0.1, 0.15) is 29.7 Å². The van der Waals surface area contributed by atoms with Crippen LogP contribution in [0.2, 0.25) is 0 Å². The van der Waals surface area contributed by atoms with E-state index >= 15 is 0 Å². The number of nitrogens with one attached hydrogen (secondary N) is 1. The van der Waals surface area contributed by atoms with Crippen molar-refractivity contribution in [2.24, 2.45) is 0 Å². The highest BCUT2D eigenvalue weighted by atomic mass is 127. The minimum Gasteiger partial charge on any atom is -0.388 e. The molecule has 0 saturated heterocycles. The first-order valence-corrected chi connectivity index (χ1v) is 9.20. The van der Waals surface area contributed by atoms with Crippen LogP contribution in [0, 0.1) is 9.39 Å². The second-order valence-corrected chi connectivity index (χ2v) is 7.16. The summed E-state index contributed by atoms with van der Waals surface area (Å²) in [7, 11) is 0. The molecule has 3 rings (SSSR count). The number of aliphatic hydroxyl groups is 1. The number of rotatable bonds is 6. The number of aliphatic hydroxyl groups excluding tert-OH is 1. The fourth-order valence-corrected chi connectivity index (χ4v) is 3.11. The maximum absolute atomic E-state index is 13.1. The Kier molecular flexibility index (Phi) is 6.04. The summed E-state index contributed by atoms with van der Waals surface area (Å²) in [5.74, 6) is -0.299. The third kappa shape index (κ3) is 5.03. The van der Waals surface area contributed by atoms with E-state index < -0.39 is 6.10 Å². The lowest BCUT2D eigenvalue weighted by Crippen LogP contribution is -2.15. The summed E-state index contributed by atoms with van der Waals surface area (Å²) in [6.07, 6.45) is -0.191. The van der Waals surface area contributed by atoms with Crippen molar-refractivity contribution in [2.45, 2.75) is 18.6 Å². The molecule has 0 saturated carbocycles. The molecule has 2 N–H and O–H groups in total. The summed E-state index contributed by atoms with van der Waals surface area (Å²) < 4.78 is 14.3. The standard InChI is InChI=1S/C21H19FINO/c22-17-8-6-16(7-9-17)21(25)14-20(15-4-2-1-3-5-15)24-19-12-10-18(23)11-13-19/h1-13,20-21,24-25H,14H2. The lowest BCUT2D eigenvalue weighted by Gasteiger charge is -2.23. The Morgan fingerprint density at radius 3 is 2.12 bits per heavy atom. The summed E-state index contributed by atoms with van der Waals surface area (Å²) in [6.45, 7) is 0. The van der Waals surface area contributed by atoms with Crippen molar-refractivity contribution in [3.63, 3.8) is 0 Å². The van der Waals surface area contributed by atoms with Gasteiger partial charge in [0.15, 0.2) is 0 Å². The Balaban J connectivity index is 1.81. The molecule has 4 heteroatoms. The molecule has 128 valence electrons. The van der Waals surface area contributed by atoms with Crippen molar-refractivity contribution in [1.82, 2.24) is 0 Å². The predicted octanol–water partition coefficient (Wildman–Crippen LogP) is 5.71. The van der Waals surface area contributed by atoms with E-state index in [1.54, 1.807) is 12.1 Å². The second kappa shape index (κ2) is 8.45. The number of hydrogen-bond donors (Lipinski definition) is 2. The third-order valence-electron chi connectivity index (χ3n) is 4.10. The highest BCUT2D eigenvalue weighted by Gasteiger charge is 2.18. The fraction of sp³-hybridized carbons (Fsp3) is 0.143. The van der Waals surface area contributed by atoms with Crippen molar-refractivity contribution in [1.29, 1.82) is 0 Å². The van der Waals surface area contributed by atoms with Crippen molar-refractivity contribution in [2.75, 3.05) is 5.32 Å². The molecule has 0 spiro atoms. The number of benzene rings is 3. The zero-order chi connectivity index (χ0) is 17.6. The van der Waals surface area contributed by atoms with Crippen molar-refractivity contribution >= 4 is 28.3 Å². The van der Waals surface area contributed by atoms with Gasteiger partial charge in [0.25, 0.3) is 0 Å². The van der Waals surface area contributed by atoms with Crippen LogP contribution in [0.15, 0.2) is 78.9 Å². The molecule has 0 aliphatic rings. The SMILES string of the molecule is OC(CC(Nc1ccc(I)cc1)c1ccccc1)c1ccc(F)cc1. The van der Waals surface area contributed by atoms with Gasteiger partial charge in [-0.3, -0.25) is 0 Å². The fourth-order valence-electron chi connectivity index (χ4n) is 2.76. The van der Waals surface area contributed by atoms with E-state index in [2.05, 4.69) is 27.9 Å². The van der Waals surface area contributed by atoms with E-state index in [0.29, 0.717) is 12.0 Å². The van der Waals surface area contributed by atoms with Crippen LogP contribution in [0.5, 0.6) is 0 Å². The minimum atomic E-state index is -0.679. The van der Waals surface area contributed by atoms with Crippen LogP contribution in [-0.4, -0.2) is 5.11 Å². The zero-order valence-electron chi connectivity index (χ0n) is 13.6. The molecule has 0 fully saturated rings. The van der Waals surface area contributed by atoms with Gasteiger partial charge in [0.1, 0.15) is 5.82 Å². The van der Waals surface area contributed by atoms with Crippen LogP contribution in [-0.2, 0) is 0 Å². The van der Waals surface area contributed by atoms with Crippen LogP contribution in [0.3, 0.4) is 0 Å². The molecule has 0 heterocycles. The summed E-state index contributed by atoms with van der Waals surface area (Å²) in [5.41, 5.74) is 2.81. The van der Waals surface area contributed by atoms with Crippen LogP contribution < -0.4 is 5.32 Å². The first kappa shape index (κ1) is 17.9. The summed E-state index contributed by atoms with van der Waals surface area (Å²) in [4.78, 5) is 0. The van der Waals surface area contributed by atoms with Gasteiger partial charge in [0.05, 0.1) is 12.1 Å². The molecule has 0 aromatic heterocycles. The quantitative estimate of drug-likeness (QED) is 0.475. The maximum Gasteiger partial charge on any atom is 0.123 e. The first-order valence-electron chi connectivity index (χ1n) is 8.12. The molecule has 0 aliphatic heterocycles. The Hall–Kier alpha value is -1.92.